The number of carbonyl (C=O) groups excluding carboxylic acids is 2. The van der Waals surface area contributed by atoms with Crippen molar-refractivity contribution in [1.29, 1.82) is 0 Å². The lowest BCUT2D eigenvalue weighted by Crippen LogP contribution is -2.36. The predicted molar refractivity (Wildman–Crippen MR) is 94.5 cm³/mol. The number of ether oxygens (including phenoxy) is 2. The summed E-state index contributed by atoms with van der Waals surface area (Å²) in [6.45, 7) is 6.53. The molecule has 140 valence electrons. The standard InChI is InChI=1S/C17H26NO6P/c1-12(2)15(16(19)22-4)24-25(5,21)13(3)18-17(20)23-11-14-9-7-6-8-10-14/h6-10,12-13,15H,11H2,1-5H3,(H,18,20)/t13-,15?,25?/m1/s1. The van der Waals surface area contributed by atoms with Crippen LogP contribution in [0, 0.1) is 5.92 Å². The molecule has 0 bridgehead atoms. The van der Waals surface area contributed by atoms with Gasteiger partial charge in [0.15, 0.2) is 6.10 Å². The van der Waals surface area contributed by atoms with Crippen molar-refractivity contribution in [3.63, 3.8) is 0 Å². The summed E-state index contributed by atoms with van der Waals surface area (Å²) in [4.78, 5) is 23.6. The Balaban J connectivity index is 2.60. The SMILES string of the molecule is COC(=O)C(OP(C)(=O)[C@H](C)NC(=O)OCc1ccccc1)C(C)C. The highest BCUT2D eigenvalue weighted by molar-refractivity contribution is 7.58. The zero-order valence-electron chi connectivity index (χ0n) is 15.2. The Morgan fingerprint density at radius 3 is 2.28 bits per heavy atom. The molecule has 0 radical (unpaired) electrons. The molecule has 0 aliphatic heterocycles. The summed E-state index contributed by atoms with van der Waals surface area (Å²) < 4.78 is 28.0. The number of nitrogens with one attached hydrogen (secondary N) is 1. The number of hydrogen-bond acceptors (Lipinski definition) is 6. The van der Waals surface area contributed by atoms with Crippen LogP contribution >= 0.6 is 7.37 Å². The molecule has 1 amide bonds. The van der Waals surface area contributed by atoms with Gasteiger partial charge in [0.05, 0.1) is 7.11 Å². The number of esters is 1. The Hall–Kier alpha value is -1.85. The number of rotatable bonds is 8. The molecule has 0 aliphatic carbocycles. The Bertz CT molecular complexity index is 619. The minimum absolute atomic E-state index is 0.102. The smallest absolute Gasteiger partial charge is 0.408 e. The van der Waals surface area contributed by atoms with E-state index in [4.69, 9.17) is 9.26 Å². The quantitative estimate of drug-likeness (QED) is 0.556. The van der Waals surface area contributed by atoms with Crippen LogP contribution in [0.15, 0.2) is 30.3 Å². The normalized spacial score (nSPS) is 15.8. The fourth-order valence-corrected chi connectivity index (χ4v) is 3.23. The van der Waals surface area contributed by atoms with Crippen LogP contribution in [0.3, 0.4) is 0 Å². The van der Waals surface area contributed by atoms with Crippen LogP contribution in [0.5, 0.6) is 0 Å². The van der Waals surface area contributed by atoms with Gasteiger partial charge in [0, 0.05) is 6.66 Å². The number of methoxy groups -OCH3 is 1. The van der Waals surface area contributed by atoms with Gasteiger partial charge in [-0.15, -0.1) is 0 Å². The molecular weight excluding hydrogens is 345 g/mol. The maximum absolute atomic E-state index is 12.8. The summed E-state index contributed by atoms with van der Waals surface area (Å²) in [6, 6.07) is 9.20. The molecule has 0 aliphatic rings. The minimum atomic E-state index is -3.32. The average Bonchev–Trinajstić information content (AvgIpc) is 2.57. The van der Waals surface area contributed by atoms with E-state index < -0.39 is 31.3 Å². The van der Waals surface area contributed by atoms with E-state index in [1.54, 1.807) is 20.8 Å². The van der Waals surface area contributed by atoms with Gasteiger partial charge in [-0.2, -0.15) is 0 Å². The van der Waals surface area contributed by atoms with Crippen molar-refractivity contribution in [3.8, 4) is 0 Å². The van der Waals surface area contributed by atoms with Crippen LogP contribution < -0.4 is 5.32 Å². The molecule has 0 fully saturated rings. The van der Waals surface area contributed by atoms with Crippen molar-refractivity contribution in [2.24, 2.45) is 5.92 Å². The van der Waals surface area contributed by atoms with Crippen LogP contribution in [-0.4, -0.2) is 37.7 Å². The average molecular weight is 371 g/mol. The summed E-state index contributed by atoms with van der Waals surface area (Å²) in [6.07, 6.45) is -1.67. The van der Waals surface area contributed by atoms with Gasteiger partial charge in [0.25, 0.3) is 0 Å². The molecule has 1 N–H and O–H groups in total. The van der Waals surface area contributed by atoms with E-state index in [0.29, 0.717) is 0 Å². The van der Waals surface area contributed by atoms with Crippen LogP contribution in [-0.2, 0) is 30.0 Å². The van der Waals surface area contributed by atoms with Crippen LogP contribution in [0.1, 0.15) is 26.3 Å². The first-order chi connectivity index (χ1) is 11.7. The molecular formula is C17H26NO6P. The predicted octanol–water partition coefficient (Wildman–Crippen LogP) is 3.38. The van der Waals surface area contributed by atoms with Gasteiger partial charge < -0.3 is 19.3 Å². The van der Waals surface area contributed by atoms with Crippen molar-refractivity contribution in [1.82, 2.24) is 5.32 Å². The lowest BCUT2D eigenvalue weighted by Gasteiger charge is -2.27. The third-order valence-corrected chi connectivity index (χ3v) is 5.79. The van der Waals surface area contributed by atoms with E-state index in [2.05, 4.69) is 10.1 Å². The van der Waals surface area contributed by atoms with E-state index >= 15 is 0 Å². The van der Waals surface area contributed by atoms with Crippen LogP contribution in [0.2, 0.25) is 0 Å². The number of amides is 1. The van der Waals surface area contributed by atoms with E-state index in [1.807, 2.05) is 30.3 Å². The highest BCUT2D eigenvalue weighted by Gasteiger charge is 2.35. The molecule has 8 heteroatoms. The van der Waals surface area contributed by atoms with E-state index in [9.17, 15) is 14.2 Å². The highest BCUT2D eigenvalue weighted by Crippen LogP contribution is 2.48. The lowest BCUT2D eigenvalue weighted by molar-refractivity contribution is -0.150. The van der Waals surface area contributed by atoms with Crippen molar-refractivity contribution in [3.05, 3.63) is 35.9 Å². The second kappa shape index (κ2) is 9.59. The van der Waals surface area contributed by atoms with Gasteiger partial charge in [0.2, 0.25) is 7.37 Å². The van der Waals surface area contributed by atoms with Gasteiger partial charge >= 0.3 is 12.1 Å². The monoisotopic (exact) mass is 371 g/mol. The van der Waals surface area contributed by atoms with Crippen LogP contribution in [0.4, 0.5) is 4.79 Å². The zero-order chi connectivity index (χ0) is 19.0. The molecule has 3 atom stereocenters. The van der Waals surface area contributed by atoms with Crippen molar-refractivity contribution in [2.45, 2.75) is 39.3 Å². The van der Waals surface area contributed by atoms with Gasteiger partial charge in [0.1, 0.15) is 12.4 Å². The number of hydrogen-bond donors (Lipinski definition) is 1. The number of carbonyl (C=O) groups is 2. The molecule has 0 saturated carbocycles. The molecule has 1 rings (SSSR count). The fourth-order valence-electron chi connectivity index (χ4n) is 1.92. The Labute approximate surface area is 148 Å². The minimum Gasteiger partial charge on any atom is -0.467 e. The van der Waals surface area contributed by atoms with Gasteiger partial charge in [-0.05, 0) is 18.4 Å². The Morgan fingerprint density at radius 1 is 1.16 bits per heavy atom. The van der Waals surface area contributed by atoms with Crippen molar-refractivity contribution >= 4 is 19.4 Å². The lowest BCUT2D eigenvalue weighted by atomic mass is 10.1. The zero-order valence-corrected chi connectivity index (χ0v) is 16.1. The largest absolute Gasteiger partial charge is 0.467 e. The van der Waals surface area contributed by atoms with E-state index in [-0.39, 0.29) is 12.5 Å². The van der Waals surface area contributed by atoms with Gasteiger partial charge in [-0.1, -0.05) is 44.2 Å². The third-order valence-electron chi connectivity index (χ3n) is 3.60. The molecule has 1 aromatic carbocycles. The summed E-state index contributed by atoms with van der Waals surface area (Å²) in [5, 5.41) is 2.49. The Morgan fingerprint density at radius 2 is 1.76 bits per heavy atom. The molecule has 0 spiro atoms. The maximum Gasteiger partial charge on any atom is 0.408 e. The molecule has 0 heterocycles. The number of alkyl carbamates (subject to hydrolysis) is 1. The summed E-state index contributed by atoms with van der Waals surface area (Å²) in [7, 11) is -2.08. The maximum atomic E-state index is 12.8. The highest BCUT2D eigenvalue weighted by atomic mass is 31.2. The van der Waals surface area contributed by atoms with Crippen LogP contribution in [0.25, 0.3) is 0 Å². The van der Waals surface area contributed by atoms with Crippen molar-refractivity contribution in [2.75, 3.05) is 13.8 Å². The van der Waals surface area contributed by atoms with E-state index in [1.165, 1.54) is 13.8 Å². The van der Waals surface area contributed by atoms with E-state index in [0.717, 1.165) is 5.56 Å². The summed E-state index contributed by atoms with van der Waals surface area (Å²) in [5.41, 5.74) is 0.840. The first-order valence-corrected chi connectivity index (χ1v) is 10.1. The molecule has 25 heavy (non-hydrogen) atoms. The molecule has 2 unspecified atom stereocenters. The first-order valence-electron chi connectivity index (χ1n) is 7.98. The van der Waals surface area contributed by atoms with Gasteiger partial charge in [-0.3, -0.25) is 4.57 Å². The molecule has 0 saturated heterocycles. The second-order valence-corrected chi connectivity index (χ2v) is 8.89. The number of benzene rings is 1. The second-order valence-electron chi connectivity index (χ2n) is 6.08. The van der Waals surface area contributed by atoms with Gasteiger partial charge in [-0.25, -0.2) is 9.59 Å². The first kappa shape index (κ1) is 21.2. The molecule has 7 nitrogen and oxygen atoms in total. The summed E-state index contributed by atoms with van der Waals surface area (Å²) >= 11 is 0. The molecule has 0 aromatic heterocycles. The van der Waals surface area contributed by atoms with Crippen molar-refractivity contribution < 1.29 is 28.2 Å². The topological polar surface area (TPSA) is 90.9 Å². The third kappa shape index (κ3) is 6.88. The fraction of sp³-hybridized carbons (Fsp3) is 0.529. The summed E-state index contributed by atoms with van der Waals surface area (Å²) in [5.74, 6) is -1.64. The Kier molecular flexibility index (Phi) is 8.13. The molecule has 1 aromatic rings.